The number of aromatic hydroxyl groups is 1. The monoisotopic (exact) mass is 329 g/mol. The van der Waals surface area contributed by atoms with Crippen LogP contribution in [0.5, 0.6) is 11.5 Å². The van der Waals surface area contributed by atoms with Crippen molar-refractivity contribution in [2.45, 2.75) is 6.17 Å². The summed E-state index contributed by atoms with van der Waals surface area (Å²) in [4.78, 5) is 6.79. The fraction of sp³-hybridized carbons (Fsp3) is 0.235. The van der Waals surface area contributed by atoms with E-state index in [0.717, 1.165) is 35.7 Å². The number of anilines is 1. The first-order valence-corrected chi connectivity index (χ1v) is 7.79. The van der Waals surface area contributed by atoms with E-state index in [2.05, 4.69) is 15.2 Å². The normalized spacial score (nSPS) is 18.8. The van der Waals surface area contributed by atoms with Crippen molar-refractivity contribution in [2.24, 2.45) is 4.99 Å². The Bertz CT molecular complexity index is 806. The standard InChI is InChI=1S/C17H16ClN3O2/c1-23-11-3-5-13(15(22)9-11)17-20-14-8-10(18)2-4-12(14)16-19-6-7-21(16)17/h2-5,8-9,17,20,22H,6-7H2,1H3/t17-/m1/s1. The first-order valence-electron chi connectivity index (χ1n) is 7.42. The number of hydrogen-bond acceptors (Lipinski definition) is 5. The predicted molar refractivity (Wildman–Crippen MR) is 90.6 cm³/mol. The lowest BCUT2D eigenvalue weighted by Gasteiger charge is -2.38. The first-order chi connectivity index (χ1) is 11.2. The second kappa shape index (κ2) is 5.35. The van der Waals surface area contributed by atoms with Gasteiger partial charge in [-0.25, -0.2) is 0 Å². The van der Waals surface area contributed by atoms with Crippen LogP contribution in [0.25, 0.3) is 0 Å². The fourth-order valence-corrected chi connectivity index (χ4v) is 3.31. The Morgan fingerprint density at radius 1 is 1.30 bits per heavy atom. The highest BCUT2D eigenvalue weighted by Gasteiger charge is 2.34. The lowest BCUT2D eigenvalue weighted by Crippen LogP contribution is -2.41. The van der Waals surface area contributed by atoms with Crippen LogP contribution in [0.1, 0.15) is 17.3 Å². The van der Waals surface area contributed by atoms with Gasteiger partial charge in [-0.05, 0) is 30.3 Å². The molecule has 0 bridgehead atoms. The number of fused-ring (bicyclic) bond motifs is 3. The van der Waals surface area contributed by atoms with Crippen LogP contribution < -0.4 is 10.1 Å². The number of phenolic OH excluding ortho intramolecular Hbond substituents is 1. The lowest BCUT2D eigenvalue weighted by molar-refractivity contribution is 0.353. The van der Waals surface area contributed by atoms with E-state index in [4.69, 9.17) is 16.3 Å². The van der Waals surface area contributed by atoms with E-state index in [1.807, 2.05) is 30.3 Å². The molecule has 0 unspecified atom stereocenters. The summed E-state index contributed by atoms with van der Waals surface area (Å²) in [6, 6.07) is 11.1. The second-order valence-electron chi connectivity index (χ2n) is 5.56. The van der Waals surface area contributed by atoms with E-state index in [1.165, 1.54) is 0 Å². The average Bonchev–Trinajstić information content (AvgIpc) is 3.03. The summed E-state index contributed by atoms with van der Waals surface area (Å²) in [5, 5.41) is 14.5. The van der Waals surface area contributed by atoms with Crippen molar-refractivity contribution in [2.75, 3.05) is 25.5 Å². The second-order valence-corrected chi connectivity index (χ2v) is 6.00. The minimum atomic E-state index is -0.187. The molecule has 0 amide bonds. The number of hydrogen-bond donors (Lipinski definition) is 2. The smallest absolute Gasteiger partial charge is 0.135 e. The molecule has 0 aliphatic carbocycles. The van der Waals surface area contributed by atoms with Crippen LogP contribution >= 0.6 is 11.6 Å². The zero-order valence-corrected chi connectivity index (χ0v) is 13.3. The van der Waals surface area contributed by atoms with E-state index < -0.39 is 0 Å². The van der Waals surface area contributed by atoms with Crippen molar-refractivity contribution in [3.63, 3.8) is 0 Å². The number of amidine groups is 1. The molecule has 2 aliphatic heterocycles. The summed E-state index contributed by atoms with van der Waals surface area (Å²) in [5.41, 5.74) is 2.75. The Morgan fingerprint density at radius 2 is 2.17 bits per heavy atom. The Hall–Kier alpha value is -2.40. The Kier molecular flexibility index (Phi) is 3.31. The molecule has 0 radical (unpaired) electrons. The number of halogens is 1. The molecule has 23 heavy (non-hydrogen) atoms. The topological polar surface area (TPSA) is 57.1 Å². The fourth-order valence-electron chi connectivity index (χ4n) is 3.14. The minimum absolute atomic E-state index is 0.187. The first kappa shape index (κ1) is 14.2. The number of benzene rings is 2. The molecule has 2 aromatic carbocycles. The molecule has 0 fully saturated rings. The SMILES string of the molecule is COc1ccc([C@@H]2Nc3cc(Cl)ccc3C3=NCCN32)c(O)c1. The number of rotatable bonds is 2. The number of nitrogens with one attached hydrogen (secondary N) is 1. The van der Waals surface area contributed by atoms with Crippen molar-refractivity contribution < 1.29 is 9.84 Å². The van der Waals surface area contributed by atoms with Crippen LogP contribution in [-0.2, 0) is 0 Å². The quantitative estimate of drug-likeness (QED) is 0.888. The van der Waals surface area contributed by atoms with Gasteiger partial charge in [0.25, 0.3) is 0 Å². The van der Waals surface area contributed by atoms with E-state index in [1.54, 1.807) is 13.2 Å². The third-order valence-corrected chi connectivity index (χ3v) is 4.47. The number of methoxy groups -OCH3 is 1. The van der Waals surface area contributed by atoms with E-state index >= 15 is 0 Å². The number of phenols is 1. The summed E-state index contributed by atoms with van der Waals surface area (Å²) in [5.74, 6) is 1.76. The van der Waals surface area contributed by atoms with E-state index in [9.17, 15) is 5.11 Å². The summed E-state index contributed by atoms with van der Waals surface area (Å²) in [7, 11) is 1.58. The molecule has 2 heterocycles. The highest BCUT2D eigenvalue weighted by atomic mass is 35.5. The predicted octanol–water partition coefficient (Wildman–Crippen LogP) is 3.24. The Labute approximate surface area is 139 Å². The van der Waals surface area contributed by atoms with Gasteiger partial charge < -0.3 is 20.1 Å². The lowest BCUT2D eigenvalue weighted by atomic mass is 10.0. The Balaban J connectivity index is 1.80. The van der Waals surface area contributed by atoms with Gasteiger partial charge >= 0.3 is 0 Å². The van der Waals surface area contributed by atoms with Crippen molar-refractivity contribution in [1.29, 1.82) is 0 Å². The maximum Gasteiger partial charge on any atom is 0.135 e. The minimum Gasteiger partial charge on any atom is -0.507 e. The van der Waals surface area contributed by atoms with Gasteiger partial charge in [-0.2, -0.15) is 0 Å². The largest absolute Gasteiger partial charge is 0.507 e. The molecule has 0 saturated carbocycles. The molecule has 0 saturated heterocycles. The van der Waals surface area contributed by atoms with Crippen LogP contribution in [0.3, 0.4) is 0 Å². The summed E-state index contributed by atoms with van der Waals surface area (Å²) >= 11 is 6.12. The van der Waals surface area contributed by atoms with Gasteiger partial charge in [0.2, 0.25) is 0 Å². The van der Waals surface area contributed by atoms with Crippen molar-refractivity contribution in [1.82, 2.24) is 4.90 Å². The number of ether oxygens (including phenoxy) is 1. The highest BCUT2D eigenvalue weighted by Crippen LogP contribution is 2.39. The molecule has 2 N–H and O–H groups in total. The molecule has 118 valence electrons. The third-order valence-electron chi connectivity index (χ3n) is 4.23. The van der Waals surface area contributed by atoms with Crippen molar-refractivity contribution >= 4 is 23.1 Å². The maximum atomic E-state index is 10.4. The van der Waals surface area contributed by atoms with Gasteiger partial charge in [-0.3, -0.25) is 4.99 Å². The van der Waals surface area contributed by atoms with Crippen LogP contribution in [0.15, 0.2) is 41.4 Å². The molecule has 5 nitrogen and oxygen atoms in total. The van der Waals surface area contributed by atoms with Crippen molar-refractivity contribution in [3.8, 4) is 11.5 Å². The van der Waals surface area contributed by atoms with Gasteiger partial charge in [0, 0.05) is 34.4 Å². The van der Waals surface area contributed by atoms with Crippen LogP contribution in [0.2, 0.25) is 5.02 Å². The molecular weight excluding hydrogens is 314 g/mol. The maximum absolute atomic E-state index is 10.4. The van der Waals surface area contributed by atoms with E-state index in [0.29, 0.717) is 10.8 Å². The van der Waals surface area contributed by atoms with E-state index in [-0.39, 0.29) is 11.9 Å². The van der Waals surface area contributed by atoms with Crippen molar-refractivity contribution in [3.05, 3.63) is 52.5 Å². The van der Waals surface area contributed by atoms with Crippen LogP contribution in [-0.4, -0.2) is 36.0 Å². The zero-order chi connectivity index (χ0) is 16.0. The number of nitrogens with zero attached hydrogens (tertiary/aromatic N) is 2. The molecular formula is C17H16ClN3O2. The van der Waals surface area contributed by atoms with Gasteiger partial charge in [0.05, 0.1) is 13.7 Å². The van der Waals surface area contributed by atoms with Gasteiger partial charge in [-0.15, -0.1) is 0 Å². The Morgan fingerprint density at radius 3 is 2.96 bits per heavy atom. The van der Waals surface area contributed by atoms with Gasteiger partial charge in [0.15, 0.2) is 0 Å². The molecule has 1 atom stereocenters. The zero-order valence-electron chi connectivity index (χ0n) is 12.6. The molecule has 0 aromatic heterocycles. The summed E-state index contributed by atoms with van der Waals surface area (Å²) in [6.07, 6.45) is -0.187. The molecule has 2 aliphatic rings. The third kappa shape index (κ3) is 2.28. The van der Waals surface area contributed by atoms with Gasteiger partial charge in [-0.1, -0.05) is 11.6 Å². The summed E-state index contributed by atoms with van der Waals surface area (Å²) < 4.78 is 5.16. The van der Waals surface area contributed by atoms with Crippen LogP contribution in [0.4, 0.5) is 5.69 Å². The molecule has 6 heteroatoms. The van der Waals surface area contributed by atoms with Crippen LogP contribution in [0, 0.1) is 0 Å². The molecule has 0 spiro atoms. The van der Waals surface area contributed by atoms with Gasteiger partial charge in [0.1, 0.15) is 23.5 Å². The number of aliphatic imine (C=N–C) groups is 1. The highest BCUT2D eigenvalue weighted by molar-refractivity contribution is 6.31. The molecule has 4 rings (SSSR count). The molecule has 2 aromatic rings. The summed E-state index contributed by atoms with van der Waals surface area (Å²) in [6.45, 7) is 1.55. The average molecular weight is 330 g/mol.